The predicted octanol–water partition coefficient (Wildman–Crippen LogP) is -0.212. The molecule has 0 aromatic heterocycles. The van der Waals surface area contributed by atoms with Crippen LogP contribution in [0.3, 0.4) is 0 Å². The lowest BCUT2D eigenvalue weighted by Gasteiger charge is -2.16. The molecule has 2 amide bonds. The first-order chi connectivity index (χ1) is 8.00. The van der Waals surface area contributed by atoms with Crippen LogP contribution < -0.4 is 10.0 Å². The van der Waals surface area contributed by atoms with Crippen molar-refractivity contribution in [1.82, 2.24) is 0 Å². The first-order valence-electron chi connectivity index (χ1n) is 4.89. The Labute approximate surface area is 97.0 Å². The van der Waals surface area contributed by atoms with Crippen LogP contribution in [0.1, 0.15) is 15.9 Å². The van der Waals surface area contributed by atoms with Crippen molar-refractivity contribution in [1.29, 1.82) is 0 Å². The minimum absolute atomic E-state index is 0.0424. The van der Waals surface area contributed by atoms with Gasteiger partial charge >= 0.3 is 0 Å². The van der Waals surface area contributed by atoms with Gasteiger partial charge in [-0.3, -0.25) is 9.59 Å². The summed E-state index contributed by atoms with van der Waals surface area (Å²) in [7, 11) is 0. The number of carbonyl (C=O) groups is 3. The van der Waals surface area contributed by atoms with Crippen LogP contribution in [0.2, 0.25) is 0 Å². The largest absolute Gasteiger partial charge is 0.545 e. The zero-order chi connectivity index (χ0) is 12.6. The molecule has 2 rings (SSSR count). The highest BCUT2D eigenvalue weighted by atomic mass is 16.4. The maximum Gasteiger partial charge on any atom is 0.258 e. The second kappa shape index (κ2) is 3.86. The summed E-state index contributed by atoms with van der Waals surface area (Å²) in [6.07, 6.45) is 2.34. The average molecular weight is 230 g/mol. The normalized spacial score (nSPS) is 14.5. The Morgan fingerprint density at radius 2 is 1.76 bits per heavy atom. The number of rotatable bonds is 2. The molecule has 1 aromatic rings. The second-order valence-electron chi connectivity index (χ2n) is 3.63. The summed E-state index contributed by atoms with van der Waals surface area (Å²) in [6, 6.07) is 4.19. The van der Waals surface area contributed by atoms with Gasteiger partial charge in [0.05, 0.1) is 11.7 Å². The van der Waals surface area contributed by atoms with E-state index in [1.807, 2.05) is 0 Å². The van der Waals surface area contributed by atoms with Crippen molar-refractivity contribution in [2.24, 2.45) is 0 Å². The minimum atomic E-state index is -1.29. The lowest BCUT2D eigenvalue weighted by atomic mass is 10.1. The van der Waals surface area contributed by atoms with Gasteiger partial charge in [-0.25, -0.2) is 4.90 Å². The van der Waals surface area contributed by atoms with E-state index in [1.54, 1.807) is 6.92 Å². The van der Waals surface area contributed by atoms with E-state index in [4.69, 9.17) is 0 Å². The van der Waals surface area contributed by atoms with Gasteiger partial charge in [0.1, 0.15) is 0 Å². The Morgan fingerprint density at radius 1 is 1.18 bits per heavy atom. The highest BCUT2D eigenvalue weighted by molar-refractivity contribution is 6.28. The molecule has 17 heavy (non-hydrogen) atoms. The summed E-state index contributed by atoms with van der Waals surface area (Å²) in [5, 5.41) is 10.7. The lowest BCUT2D eigenvalue weighted by molar-refractivity contribution is -0.255. The average Bonchev–Trinajstić information content (AvgIpc) is 2.58. The molecule has 0 fully saturated rings. The third kappa shape index (κ3) is 1.82. The van der Waals surface area contributed by atoms with Crippen molar-refractivity contribution in [3.8, 4) is 0 Å². The van der Waals surface area contributed by atoms with Crippen molar-refractivity contribution in [3.63, 3.8) is 0 Å². The van der Waals surface area contributed by atoms with E-state index in [0.717, 1.165) is 4.90 Å². The van der Waals surface area contributed by atoms with E-state index in [9.17, 15) is 19.5 Å². The summed E-state index contributed by atoms with van der Waals surface area (Å²) in [4.78, 5) is 34.5. The van der Waals surface area contributed by atoms with Gasteiger partial charge in [0.2, 0.25) is 0 Å². The number of anilines is 1. The molecule has 0 N–H and O–H groups in total. The molecule has 0 saturated carbocycles. The molecule has 5 heteroatoms. The zero-order valence-electron chi connectivity index (χ0n) is 8.97. The molecule has 1 aliphatic heterocycles. The fourth-order valence-corrected chi connectivity index (χ4v) is 1.67. The van der Waals surface area contributed by atoms with Crippen molar-refractivity contribution >= 4 is 23.5 Å². The molecular formula is C12H8NO4-. The Bertz CT molecular complexity index is 542. The van der Waals surface area contributed by atoms with Gasteiger partial charge in [-0.2, -0.15) is 0 Å². The summed E-state index contributed by atoms with van der Waals surface area (Å²) in [5.74, 6) is -2.16. The van der Waals surface area contributed by atoms with Gasteiger partial charge in [0.25, 0.3) is 11.8 Å². The van der Waals surface area contributed by atoms with Gasteiger partial charge in [-0.05, 0) is 24.6 Å². The molecule has 0 radical (unpaired) electrons. The summed E-state index contributed by atoms with van der Waals surface area (Å²) < 4.78 is 0. The molecule has 5 nitrogen and oxygen atoms in total. The molecule has 0 unspecified atom stereocenters. The number of carboxylic acids is 1. The molecular weight excluding hydrogens is 222 g/mol. The quantitative estimate of drug-likeness (QED) is 0.658. The molecule has 0 spiro atoms. The fraction of sp³-hybridized carbons (Fsp3) is 0.0833. The first-order valence-corrected chi connectivity index (χ1v) is 4.89. The van der Waals surface area contributed by atoms with Crippen LogP contribution >= 0.6 is 0 Å². The van der Waals surface area contributed by atoms with Crippen LogP contribution in [0.25, 0.3) is 0 Å². The Hall–Kier alpha value is -2.43. The van der Waals surface area contributed by atoms with E-state index in [2.05, 4.69) is 0 Å². The van der Waals surface area contributed by atoms with Crippen LogP contribution in [0.15, 0.2) is 30.4 Å². The van der Waals surface area contributed by atoms with E-state index in [0.29, 0.717) is 11.3 Å². The maximum atomic E-state index is 11.4. The van der Waals surface area contributed by atoms with Gasteiger partial charge in [0.15, 0.2) is 0 Å². The molecule has 1 aromatic carbocycles. The molecule has 0 aliphatic carbocycles. The van der Waals surface area contributed by atoms with Crippen LogP contribution in [0.4, 0.5) is 5.69 Å². The van der Waals surface area contributed by atoms with Gasteiger partial charge in [-0.15, -0.1) is 0 Å². The molecule has 0 atom stereocenters. The number of amides is 2. The topological polar surface area (TPSA) is 77.5 Å². The van der Waals surface area contributed by atoms with E-state index >= 15 is 0 Å². The Balaban J connectivity index is 2.42. The van der Waals surface area contributed by atoms with Crippen molar-refractivity contribution in [2.75, 3.05) is 4.90 Å². The standard InChI is InChI=1S/C12H9NO4/c1-7-6-8(2-3-9(7)12(16)17)13-10(14)4-5-11(13)15/h2-6H,1H3,(H,16,17)/p-1. The Kier molecular flexibility index (Phi) is 2.51. The highest BCUT2D eigenvalue weighted by Gasteiger charge is 2.25. The number of aromatic carboxylic acids is 1. The summed E-state index contributed by atoms with van der Waals surface area (Å²) in [5.41, 5.74) is 0.836. The number of hydrogen-bond donors (Lipinski definition) is 0. The number of nitrogens with zero attached hydrogens (tertiary/aromatic N) is 1. The maximum absolute atomic E-state index is 11.4. The van der Waals surface area contributed by atoms with Crippen LogP contribution in [-0.4, -0.2) is 17.8 Å². The predicted molar refractivity (Wildman–Crippen MR) is 57.1 cm³/mol. The van der Waals surface area contributed by atoms with Crippen molar-refractivity contribution in [2.45, 2.75) is 6.92 Å². The van der Waals surface area contributed by atoms with E-state index < -0.39 is 17.8 Å². The van der Waals surface area contributed by atoms with Gasteiger partial charge in [0, 0.05) is 17.7 Å². The van der Waals surface area contributed by atoms with Crippen LogP contribution in [0, 0.1) is 6.92 Å². The number of aryl methyl sites for hydroxylation is 1. The number of benzene rings is 1. The smallest absolute Gasteiger partial charge is 0.258 e. The van der Waals surface area contributed by atoms with Gasteiger partial charge < -0.3 is 9.90 Å². The second-order valence-corrected chi connectivity index (χ2v) is 3.63. The minimum Gasteiger partial charge on any atom is -0.545 e. The SMILES string of the molecule is Cc1cc(N2C(=O)C=CC2=O)ccc1C(=O)[O-]. The molecule has 86 valence electrons. The van der Waals surface area contributed by atoms with E-state index in [-0.39, 0.29) is 5.56 Å². The van der Waals surface area contributed by atoms with Crippen molar-refractivity contribution < 1.29 is 19.5 Å². The Morgan fingerprint density at radius 3 is 2.24 bits per heavy atom. The zero-order valence-corrected chi connectivity index (χ0v) is 8.97. The fourth-order valence-electron chi connectivity index (χ4n) is 1.67. The van der Waals surface area contributed by atoms with Crippen molar-refractivity contribution in [3.05, 3.63) is 41.5 Å². The van der Waals surface area contributed by atoms with Crippen LogP contribution in [0.5, 0.6) is 0 Å². The number of carboxylic acid groups (broad SMARTS) is 1. The molecule has 0 bridgehead atoms. The number of carbonyl (C=O) groups excluding carboxylic acids is 3. The number of hydrogen-bond acceptors (Lipinski definition) is 4. The number of imide groups is 1. The highest BCUT2D eigenvalue weighted by Crippen LogP contribution is 2.22. The van der Waals surface area contributed by atoms with E-state index in [1.165, 1.54) is 30.4 Å². The lowest BCUT2D eigenvalue weighted by Crippen LogP contribution is -2.30. The summed E-state index contributed by atoms with van der Waals surface area (Å²) >= 11 is 0. The molecule has 1 heterocycles. The van der Waals surface area contributed by atoms with Gasteiger partial charge in [-0.1, -0.05) is 6.07 Å². The molecule has 0 saturated heterocycles. The molecule has 1 aliphatic rings. The third-order valence-corrected chi connectivity index (χ3v) is 2.50. The first kappa shape index (κ1) is 11.1. The third-order valence-electron chi connectivity index (χ3n) is 2.50. The van der Waals surface area contributed by atoms with Crippen LogP contribution in [-0.2, 0) is 9.59 Å². The summed E-state index contributed by atoms with van der Waals surface area (Å²) in [6.45, 7) is 1.58. The monoisotopic (exact) mass is 230 g/mol.